The Balaban J connectivity index is 0.00000162. The lowest BCUT2D eigenvalue weighted by atomic mass is 10.1. The number of likely N-dealkylation sites (N-methyl/N-ethyl adjacent to an activating group) is 1. The number of ether oxygens (including phenoxy) is 1. The van der Waals surface area contributed by atoms with Crippen LogP contribution in [0.4, 0.5) is 0 Å². The molecule has 2 aliphatic heterocycles. The van der Waals surface area contributed by atoms with Crippen molar-refractivity contribution in [2.75, 3.05) is 33.4 Å². The second-order valence-corrected chi connectivity index (χ2v) is 5.62. The summed E-state index contributed by atoms with van der Waals surface area (Å²) in [4.78, 5) is 2.17. The van der Waals surface area contributed by atoms with E-state index in [1.54, 1.807) is 0 Å². The molecule has 0 radical (unpaired) electrons. The SMILES string of the molecule is CN1CCCC(N(NC2CCOC2)S(=O)[O-])C1.Cl. The average Bonchev–Trinajstić information content (AvgIpc) is 2.78. The van der Waals surface area contributed by atoms with Crippen LogP contribution >= 0.6 is 12.4 Å². The lowest BCUT2D eigenvalue weighted by molar-refractivity contribution is 0.116. The number of rotatable bonds is 4. The van der Waals surface area contributed by atoms with E-state index < -0.39 is 11.3 Å². The minimum absolute atomic E-state index is 0. The van der Waals surface area contributed by atoms with E-state index in [1.165, 1.54) is 4.41 Å². The van der Waals surface area contributed by atoms with Gasteiger partial charge in [0, 0.05) is 36.5 Å². The zero-order valence-electron chi connectivity index (χ0n) is 10.5. The zero-order chi connectivity index (χ0) is 12.3. The molecule has 0 aromatic rings. The highest BCUT2D eigenvalue weighted by molar-refractivity contribution is 7.76. The first-order valence-electron chi connectivity index (χ1n) is 6.08. The van der Waals surface area contributed by atoms with Gasteiger partial charge in [0.25, 0.3) is 0 Å². The Bertz CT molecular complexity index is 279. The third-order valence-corrected chi connectivity index (χ3v) is 4.06. The van der Waals surface area contributed by atoms with Crippen LogP contribution in [0, 0.1) is 0 Å². The quantitative estimate of drug-likeness (QED) is 0.579. The van der Waals surface area contributed by atoms with Crippen LogP contribution in [0.1, 0.15) is 19.3 Å². The van der Waals surface area contributed by atoms with Crippen molar-refractivity contribution in [2.45, 2.75) is 31.3 Å². The first kappa shape index (κ1) is 16.3. The highest BCUT2D eigenvalue weighted by Gasteiger charge is 2.27. The van der Waals surface area contributed by atoms with Gasteiger partial charge in [-0.15, -0.1) is 12.4 Å². The predicted molar refractivity (Wildman–Crippen MR) is 70.9 cm³/mol. The van der Waals surface area contributed by atoms with Gasteiger partial charge in [-0.1, -0.05) is 0 Å². The topological polar surface area (TPSA) is 67.9 Å². The number of hydrazine groups is 1. The largest absolute Gasteiger partial charge is 0.759 e. The van der Waals surface area contributed by atoms with E-state index in [-0.39, 0.29) is 24.5 Å². The molecular formula is C10H21ClN3O3S-. The smallest absolute Gasteiger partial charge is 0.0634 e. The Kier molecular flexibility index (Phi) is 7.01. The maximum atomic E-state index is 11.3. The monoisotopic (exact) mass is 298 g/mol. The molecule has 1 N–H and O–H groups in total. The van der Waals surface area contributed by atoms with Gasteiger partial charge in [-0.05, 0) is 32.9 Å². The molecule has 0 aliphatic carbocycles. The minimum Gasteiger partial charge on any atom is -0.759 e. The van der Waals surface area contributed by atoms with Crippen molar-refractivity contribution < 1.29 is 13.5 Å². The molecule has 0 bridgehead atoms. The number of hydrogen-bond donors (Lipinski definition) is 1. The number of nitrogens with zero attached hydrogens (tertiary/aromatic N) is 2. The summed E-state index contributed by atoms with van der Waals surface area (Å²) >= 11 is -2.22. The van der Waals surface area contributed by atoms with Crippen molar-refractivity contribution in [3.8, 4) is 0 Å². The van der Waals surface area contributed by atoms with Crippen LogP contribution in [0.15, 0.2) is 0 Å². The average molecular weight is 299 g/mol. The normalized spacial score (nSPS) is 31.3. The number of hydrogen-bond acceptors (Lipinski definition) is 5. The molecule has 3 unspecified atom stereocenters. The van der Waals surface area contributed by atoms with Crippen LogP contribution in [0.3, 0.4) is 0 Å². The van der Waals surface area contributed by atoms with Gasteiger partial charge in [0.1, 0.15) is 0 Å². The molecule has 0 aromatic carbocycles. The Labute approximate surface area is 117 Å². The van der Waals surface area contributed by atoms with E-state index in [0.717, 1.165) is 32.4 Å². The van der Waals surface area contributed by atoms with Gasteiger partial charge in [-0.2, -0.15) is 4.41 Å². The lowest BCUT2D eigenvalue weighted by Crippen LogP contribution is -2.56. The standard InChI is InChI=1S/C10H21N3O3S.ClH/c1-12-5-2-3-10(7-12)13(17(14)15)11-9-4-6-16-8-9;/h9-11H,2-8H2,1H3,(H,14,15);1H/p-1. The first-order valence-corrected chi connectivity index (χ1v) is 7.11. The molecule has 0 spiro atoms. The highest BCUT2D eigenvalue weighted by atomic mass is 35.5. The summed E-state index contributed by atoms with van der Waals surface area (Å²) in [5.74, 6) is 0. The fourth-order valence-electron chi connectivity index (χ4n) is 2.42. The molecule has 108 valence electrons. The Morgan fingerprint density at radius 1 is 1.50 bits per heavy atom. The maximum absolute atomic E-state index is 11.3. The summed E-state index contributed by atoms with van der Waals surface area (Å²) in [6.45, 7) is 3.13. The van der Waals surface area contributed by atoms with Crippen molar-refractivity contribution in [3.63, 3.8) is 0 Å². The molecular weight excluding hydrogens is 278 g/mol. The van der Waals surface area contributed by atoms with Crippen molar-refractivity contribution in [1.29, 1.82) is 0 Å². The van der Waals surface area contributed by atoms with E-state index >= 15 is 0 Å². The second-order valence-electron chi connectivity index (χ2n) is 4.79. The summed E-state index contributed by atoms with van der Waals surface area (Å²) in [6.07, 6.45) is 2.83. The van der Waals surface area contributed by atoms with Crippen molar-refractivity contribution in [1.82, 2.24) is 14.7 Å². The molecule has 0 aromatic heterocycles. The van der Waals surface area contributed by atoms with E-state index in [9.17, 15) is 8.76 Å². The van der Waals surface area contributed by atoms with Crippen LogP contribution in [-0.4, -0.2) is 63.5 Å². The molecule has 6 nitrogen and oxygen atoms in total. The Morgan fingerprint density at radius 3 is 2.83 bits per heavy atom. The Hall–Kier alpha value is 0.240. The van der Waals surface area contributed by atoms with E-state index in [2.05, 4.69) is 10.3 Å². The summed E-state index contributed by atoms with van der Waals surface area (Å²) in [7, 11) is 2.02. The van der Waals surface area contributed by atoms with Gasteiger partial charge in [-0.3, -0.25) is 4.21 Å². The van der Waals surface area contributed by atoms with Gasteiger partial charge in [0.2, 0.25) is 0 Å². The third kappa shape index (κ3) is 4.41. The van der Waals surface area contributed by atoms with Gasteiger partial charge >= 0.3 is 0 Å². The fourth-order valence-corrected chi connectivity index (χ4v) is 3.07. The van der Waals surface area contributed by atoms with Gasteiger partial charge in [-0.25, -0.2) is 5.43 Å². The third-order valence-electron chi connectivity index (χ3n) is 3.33. The summed E-state index contributed by atoms with van der Waals surface area (Å²) in [5, 5.41) is 0. The fraction of sp³-hybridized carbons (Fsp3) is 1.00. The van der Waals surface area contributed by atoms with Crippen LogP contribution in [0.25, 0.3) is 0 Å². The molecule has 2 rings (SSSR count). The zero-order valence-corrected chi connectivity index (χ0v) is 12.2. The minimum atomic E-state index is -2.22. The molecule has 8 heteroatoms. The van der Waals surface area contributed by atoms with Crippen molar-refractivity contribution in [3.05, 3.63) is 0 Å². The number of halogens is 1. The summed E-state index contributed by atoms with van der Waals surface area (Å²) in [5.41, 5.74) is 3.07. The molecule has 18 heavy (non-hydrogen) atoms. The molecule has 3 atom stereocenters. The van der Waals surface area contributed by atoms with E-state index in [0.29, 0.717) is 13.2 Å². The predicted octanol–water partition coefficient (Wildman–Crippen LogP) is -0.108. The second kappa shape index (κ2) is 7.74. The van der Waals surface area contributed by atoms with Crippen molar-refractivity contribution >= 4 is 23.7 Å². The number of piperidine rings is 1. The molecule has 2 saturated heterocycles. The van der Waals surface area contributed by atoms with E-state index in [1.807, 2.05) is 7.05 Å². The van der Waals surface area contributed by atoms with Crippen LogP contribution in [0.2, 0.25) is 0 Å². The summed E-state index contributed by atoms with van der Waals surface area (Å²) < 4.78 is 29.2. The summed E-state index contributed by atoms with van der Waals surface area (Å²) in [6, 6.07) is 0.160. The molecule has 2 fully saturated rings. The molecule has 0 amide bonds. The van der Waals surface area contributed by atoms with Crippen LogP contribution < -0.4 is 5.43 Å². The van der Waals surface area contributed by atoms with Gasteiger partial charge in [0.15, 0.2) is 0 Å². The van der Waals surface area contributed by atoms with E-state index in [4.69, 9.17) is 4.74 Å². The van der Waals surface area contributed by atoms with Crippen LogP contribution in [0.5, 0.6) is 0 Å². The van der Waals surface area contributed by atoms with Gasteiger partial charge in [0.05, 0.1) is 6.61 Å². The van der Waals surface area contributed by atoms with Gasteiger partial charge < -0.3 is 14.2 Å². The highest BCUT2D eigenvalue weighted by Crippen LogP contribution is 2.15. The first-order chi connectivity index (χ1) is 8.16. The number of nitrogens with one attached hydrogen (secondary N) is 1. The van der Waals surface area contributed by atoms with Crippen LogP contribution in [-0.2, 0) is 16.0 Å². The molecule has 2 heterocycles. The van der Waals surface area contributed by atoms with Crippen molar-refractivity contribution in [2.24, 2.45) is 0 Å². The maximum Gasteiger partial charge on any atom is 0.0634 e. The molecule has 2 aliphatic rings. The molecule has 0 saturated carbocycles. The number of likely N-dealkylation sites (tertiary alicyclic amines) is 1. The Morgan fingerprint density at radius 2 is 2.28 bits per heavy atom. The lowest BCUT2D eigenvalue weighted by Gasteiger charge is -2.39.